The molecular formula is C14H23N5O7S. The van der Waals surface area contributed by atoms with Crippen molar-refractivity contribution in [3.8, 4) is 0 Å². The molecule has 2 saturated heterocycles. The molecule has 0 spiro atoms. The molecule has 3 rings (SSSR count). The third kappa shape index (κ3) is 4.15. The van der Waals surface area contributed by atoms with Crippen LogP contribution in [0.1, 0.15) is 25.7 Å². The van der Waals surface area contributed by atoms with E-state index in [9.17, 15) is 22.8 Å². The molecule has 0 unspecified atom stereocenters. The maximum atomic E-state index is 12.4. The number of piperidine rings is 1. The summed E-state index contributed by atoms with van der Waals surface area (Å²) in [5.74, 6) is -1.01. The van der Waals surface area contributed by atoms with E-state index in [0.717, 1.165) is 4.90 Å². The van der Waals surface area contributed by atoms with Crippen LogP contribution in [0.5, 0.6) is 0 Å². The molecule has 12 nitrogen and oxygen atoms in total. The lowest BCUT2D eigenvalue weighted by molar-refractivity contribution is -0.136. The van der Waals surface area contributed by atoms with E-state index in [0.29, 0.717) is 30.4 Å². The van der Waals surface area contributed by atoms with E-state index in [1.165, 1.54) is 0 Å². The Kier molecular flexibility index (Phi) is 5.29. The zero-order valence-electron chi connectivity index (χ0n) is 15.0. The van der Waals surface area contributed by atoms with Gasteiger partial charge in [-0.05, 0) is 39.8 Å². The Labute approximate surface area is 156 Å². The Hall–Kier alpha value is -1.96. The molecule has 2 heterocycles. The lowest BCUT2D eigenvalue weighted by Gasteiger charge is -2.38. The van der Waals surface area contributed by atoms with Crippen molar-refractivity contribution < 1.29 is 31.6 Å². The van der Waals surface area contributed by atoms with Crippen molar-refractivity contribution in [3.05, 3.63) is 0 Å². The predicted octanol–water partition coefficient (Wildman–Crippen LogP) is -1.52. The zero-order chi connectivity index (χ0) is 19.9. The van der Waals surface area contributed by atoms with E-state index < -0.39 is 34.4 Å². The summed E-state index contributed by atoms with van der Waals surface area (Å²) >= 11 is 0. The quantitative estimate of drug-likeness (QED) is 0.369. The fourth-order valence-corrected chi connectivity index (χ4v) is 4.02. The highest BCUT2D eigenvalue weighted by Crippen LogP contribution is 2.31. The Bertz CT molecular complexity index is 736. The van der Waals surface area contributed by atoms with Crippen molar-refractivity contribution in [3.63, 3.8) is 0 Å². The maximum absolute atomic E-state index is 12.4. The van der Waals surface area contributed by atoms with Gasteiger partial charge in [-0.25, -0.2) is 4.79 Å². The fourth-order valence-electron chi connectivity index (χ4n) is 3.64. The molecule has 3 fully saturated rings. The number of rotatable bonds is 5. The SMILES string of the molecule is CN(C)C1CC(C(=O)NNC(=O)[C@@H]2CC[C@@H]3CN2C(=O)N3OS(=O)(=O)O)C1. The summed E-state index contributed by atoms with van der Waals surface area (Å²) in [6.07, 6.45) is 2.02. The van der Waals surface area contributed by atoms with Gasteiger partial charge in [-0.2, -0.15) is 13.5 Å². The summed E-state index contributed by atoms with van der Waals surface area (Å²) in [7, 11) is -0.951. The second-order valence-electron chi connectivity index (χ2n) is 7.27. The lowest BCUT2D eigenvalue weighted by atomic mass is 9.79. The normalized spacial score (nSPS) is 30.3. The summed E-state index contributed by atoms with van der Waals surface area (Å²) in [5, 5.41) is 0.566. The Morgan fingerprint density at radius 3 is 2.41 bits per heavy atom. The van der Waals surface area contributed by atoms with Gasteiger partial charge in [-0.3, -0.25) is 25.0 Å². The van der Waals surface area contributed by atoms with Crippen LogP contribution >= 0.6 is 0 Å². The minimum absolute atomic E-state index is 0.0908. The summed E-state index contributed by atoms with van der Waals surface area (Å²) in [6.45, 7) is 0.0908. The molecule has 0 aromatic heterocycles. The van der Waals surface area contributed by atoms with Crippen molar-refractivity contribution in [2.45, 2.75) is 43.8 Å². The number of hydrogen-bond donors (Lipinski definition) is 3. The molecular weight excluding hydrogens is 382 g/mol. The third-order valence-electron chi connectivity index (χ3n) is 5.32. The minimum atomic E-state index is -4.84. The number of hydroxylamine groups is 2. The van der Waals surface area contributed by atoms with Gasteiger partial charge in [0, 0.05) is 18.5 Å². The summed E-state index contributed by atoms with van der Waals surface area (Å²) in [5.41, 5.74) is 4.73. The summed E-state index contributed by atoms with van der Waals surface area (Å²) < 4.78 is 34.8. The topological polar surface area (TPSA) is 149 Å². The fraction of sp³-hybridized carbons (Fsp3) is 0.786. The van der Waals surface area contributed by atoms with Crippen LogP contribution in [0.4, 0.5) is 4.79 Å². The lowest BCUT2D eigenvalue weighted by Crippen LogP contribution is -2.56. The second kappa shape index (κ2) is 7.22. The van der Waals surface area contributed by atoms with E-state index in [-0.39, 0.29) is 24.8 Å². The van der Waals surface area contributed by atoms with Crippen molar-refractivity contribution in [1.82, 2.24) is 25.7 Å². The van der Waals surface area contributed by atoms with Gasteiger partial charge in [0.05, 0.1) is 6.04 Å². The minimum Gasteiger partial charge on any atom is -0.309 e. The number of urea groups is 1. The molecule has 27 heavy (non-hydrogen) atoms. The number of amides is 4. The average Bonchev–Trinajstić information content (AvgIpc) is 2.74. The first-order valence-electron chi connectivity index (χ1n) is 8.60. The zero-order valence-corrected chi connectivity index (χ0v) is 15.8. The standard InChI is InChI=1S/C14H23N5O7S/c1-17(2)10-5-8(6-10)12(20)15-16-13(21)11-4-3-9-7-18(11)14(22)19(9)26-27(23,24)25/h8-11H,3-7H2,1-2H3,(H,15,20)(H,16,21)(H,23,24,25)/t8?,9-,10?,11+/m1/s1. The second-order valence-corrected chi connectivity index (χ2v) is 8.28. The van der Waals surface area contributed by atoms with Crippen LogP contribution in [0.3, 0.4) is 0 Å². The number of nitrogens with one attached hydrogen (secondary N) is 2. The largest absolute Gasteiger partial charge is 0.418 e. The van der Waals surface area contributed by atoms with Crippen LogP contribution in [-0.2, 0) is 24.3 Å². The molecule has 1 aliphatic carbocycles. The van der Waals surface area contributed by atoms with Crippen molar-refractivity contribution in [2.24, 2.45) is 5.92 Å². The molecule has 13 heteroatoms. The van der Waals surface area contributed by atoms with Crippen LogP contribution in [-0.4, -0.2) is 84.4 Å². The molecule has 3 N–H and O–H groups in total. The number of hydrazine groups is 1. The summed E-state index contributed by atoms with van der Waals surface area (Å²) in [6, 6.07) is -1.91. The molecule has 152 valence electrons. The van der Waals surface area contributed by atoms with E-state index in [2.05, 4.69) is 15.1 Å². The van der Waals surface area contributed by atoms with Gasteiger partial charge in [0.15, 0.2) is 0 Å². The van der Waals surface area contributed by atoms with Crippen LogP contribution in [0, 0.1) is 5.92 Å². The number of carbonyl (C=O) groups excluding carboxylic acids is 3. The number of fused-ring (bicyclic) bond motifs is 2. The number of carbonyl (C=O) groups is 3. The van der Waals surface area contributed by atoms with Crippen LogP contribution in [0.25, 0.3) is 0 Å². The monoisotopic (exact) mass is 405 g/mol. The Balaban J connectivity index is 1.51. The molecule has 0 aromatic carbocycles. The molecule has 0 radical (unpaired) electrons. The van der Waals surface area contributed by atoms with Crippen molar-refractivity contribution >= 4 is 28.2 Å². The van der Waals surface area contributed by atoms with Crippen molar-refractivity contribution in [2.75, 3.05) is 20.6 Å². The Morgan fingerprint density at radius 2 is 1.81 bits per heavy atom. The highest BCUT2D eigenvalue weighted by atomic mass is 32.3. The van der Waals surface area contributed by atoms with Crippen LogP contribution in [0.15, 0.2) is 0 Å². The van der Waals surface area contributed by atoms with Crippen molar-refractivity contribution in [1.29, 1.82) is 0 Å². The van der Waals surface area contributed by atoms with E-state index in [4.69, 9.17) is 4.55 Å². The number of hydrogen-bond acceptors (Lipinski definition) is 7. The first-order chi connectivity index (χ1) is 12.6. The van der Waals surface area contributed by atoms with Gasteiger partial charge in [-0.15, -0.1) is 4.28 Å². The smallest absolute Gasteiger partial charge is 0.309 e. The third-order valence-corrected chi connectivity index (χ3v) is 5.67. The van der Waals surface area contributed by atoms with Gasteiger partial charge in [0.1, 0.15) is 6.04 Å². The molecule has 3 aliphatic rings. The highest BCUT2D eigenvalue weighted by Gasteiger charge is 2.49. The van der Waals surface area contributed by atoms with Gasteiger partial charge in [0.25, 0.3) is 5.91 Å². The van der Waals surface area contributed by atoms with E-state index in [1.54, 1.807) is 0 Å². The molecule has 2 atom stereocenters. The predicted molar refractivity (Wildman–Crippen MR) is 89.9 cm³/mol. The molecule has 0 aromatic rings. The van der Waals surface area contributed by atoms with Gasteiger partial charge in [0.2, 0.25) is 5.91 Å². The average molecular weight is 405 g/mol. The molecule has 2 bridgehead atoms. The molecule has 4 amide bonds. The van der Waals surface area contributed by atoms with Crippen LogP contribution < -0.4 is 10.9 Å². The maximum Gasteiger partial charge on any atom is 0.418 e. The highest BCUT2D eigenvalue weighted by molar-refractivity contribution is 7.80. The van der Waals surface area contributed by atoms with E-state index in [1.807, 2.05) is 19.0 Å². The van der Waals surface area contributed by atoms with Gasteiger partial charge >= 0.3 is 16.4 Å². The van der Waals surface area contributed by atoms with E-state index >= 15 is 0 Å². The first kappa shape index (κ1) is 19.8. The van der Waals surface area contributed by atoms with Gasteiger partial charge in [-0.1, -0.05) is 0 Å². The summed E-state index contributed by atoms with van der Waals surface area (Å²) in [4.78, 5) is 39.9. The number of nitrogens with zero attached hydrogens (tertiary/aromatic N) is 3. The Morgan fingerprint density at radius 1 is 1.19 bits per heavy atom. The molecule has 2 aliphatic heterocycles. The van der Waals surface area contributed by atoms with Crippen LogP contribution in [0.2, 0.25) is 0 Å². The molecule has 1 saturated carbocycles. The van der Waals surface area contributed by atoms with Gasteiger partial charge < -0.3 is 9.80 Å². The first-order valence-corrected chi connectivity index (χ1v) is 9.96.